The molecule has 20 heavy (non-hydrogen) atoms. The number of hydrogen-bond donors (Lipinski definition) is 2. The molecular weight excluding hydrogens is 276 g/mol. The Morgan fingerprint density at radius 3 is 2.55 bits per heavy atom. The molecule has 0 aliphatic carbocycles. The average Bonchev–Trinajstić information content (AvgIpc) is 2.46. The van der Waals surface area contributed by atoms with E-state index >= 15 is 0 Å². The summed E-state index contributed by atoms with van der Waals surface area (Å²) in [7, 11) is 0. The van der Waals surface area contributed by atoms with Crippen molar-refractivity contribution < 1.29 is 9.53 Å². The van der Waals surface area contributed by atoms with Crippen molar-refractivity contribution in [3.63, 3.8) is 0 Å². The summed E-state index contributed by atoms with van der Waals surface area (Å²) in [6.07, 6.45) is 1.22. The van der Waals surface area contributed by atoms with Crippen molar-refractivity contribution >= 4 is 17.5 Å². The van der Waals surface area contributed by atoms with E-state index < -0.39 is 6.10 Å². The third-order valence-electron chi connectivity index (χ3n) is 3.24. The molecule has 1 unspecified atom stereocenters. The molecule has 0 bridgehead atoms. The van der Waals surface area contributed by atoms with Gasteiger partial charge in [-0.3, -0.25) is 4.79 Å². The van der Waals surface area contributed by atoms with Crippen LogP contribution in [0.4, 0.5) is 0 Å². The van der Waals surface area contributed by atoms with Crippen LogP contribution in [0.25, 0.3) is 0 Å². The first-order chi connectivity index (χ1) is 9.51. The van der Waals surface area contributed by atoms with Crippen LogP contribution in [0.2, 0.25) is 5.02 Å². The van der Waals surface area contributed by atoms with E-state index in [2.05, 4.69) is 5.32 Å². The summed E-state index contributed by atoms with van der Waals surface area (Å²) >= 11 is 6.10. The maximum Gasteiger partial charge on any atom is 0.260 e. The number of amides is 1. The lowest BCUT2D eigenvalue weighted by molar-refractivity contribution is -0.128. The molecule has 0 radical (unpaired) electrons. The molecule has 3 N–H and O–H groups in total. The lowest BCUT2D eigenvalue weighted by Gasteiger charge is -2.20. The van der Waals surface area contributed by atoms with Crippen LogP contribution in [-0.2, 0) is 11.3 Å². The molecule has 0 fully saturated rings. The van der Waals surface area contributed by atoms with Crippen molar-refractivity contribution in [1.82, 2.24) is 5.32 Å². The third kappa shape index (κ3) is 4.69. The van der Waals surface area contributed by atoms with Gasteiger partial charge in [0.2, 0.25) is 0 Å². The molecule has 112 valence electrons. The van der Waals surface area contributed by atoms with Gasteiger partial charge in [-0.1, -0.05) is 31.5 Å². The van der Waals surface area contributed by atoms with Gasteiger partial charge < -0.3 is 15.8 Å². The molecule has 1 amide bonds. The molecule has 0 aliphatic heterocycles. The van der Waals surface area contributed by atoms with Crippen LogP contribution in [0, 0.1) is 0 Å². The second-order valence-electron chi connectivity index (χ2n) is 4.75. The van der Waals surface area contributed by atoms with E-state index in [-0.39, 0.29) is 11.9 Å². The average molecular weight is 299 g/mol. The number of carbonyl (C=O) groups is 1. The Morgan fingerprint density at radius 2 is 2.05 bits per heavy atom. The number of hydrogen-bond acceptors (Lipinski definition) is 3. The summed E-state index contributed by atoms with van der Waals surface area (Å²) in [6.45, 7) is 6.22. The first-order valence-electron chi connectivity index (χ1n) is 6.97. The Labute approximate surface area is 125 Å². The topological polar surface area (TPSA) is 64.3 Å². The molecule has 4 nitrogen and oxygen atoms in total. The number of nitrogens with one attached hydrogen (secondary N) is 1. The fourth-order valence-corrected chi connectivity index (χ4v) is 2.07. The van der Waals surface area contributed by atoms with Gasteiger partial charge in [-0.15, -0.1) is 0 Å². The minimum absolute atomic E-state index is 0.127. The van der Waals surface area contributed by atoms with Crippen LogP contribution in [0.5, 0.6) is 5.75 Å². The van der Waals surface area contributed by atoms with Crippen molar-refractivity contribution in [2.45, 2.75) is 52.3 Å². The standard InChI is InChI=1S/C15H23ClN2O2/c1-4-12(5-2)18-15(19)10(3)20-14-7-6-11(9-17)8-13(14)16/h6-8,10,12H,4-5,9,17H2,1-3H3,(H,18,19). The summed E-state index contributed by atoms with van der Waals surface area (Å²) in [5, 5.41) is 3.42. The highest BCUT2D eigenvalue weighted by Crippen LogP contribution is 2.26. The zero-order chi connectivity index (χ0) is 15.1. The van der Waals surface area contributed by atoms with Crippen LogP contribution in [-0.4, -0.2) is 18.1 Å². The van der Waals surface area contributed by atoms with Gasteiger partial charge in [0.15, 0.2) is 6.10 Å². The fourth-order valence-electron chi connectivity index (χ4n) is 1.82. The van der Waals surface area contributed by atoms with E-state index in [1.807, 2.05) is 19.9 Å². The predicted molar refractivity (Wildman–Crippen MR) is 81.9 cm³/mol. The number of nitrogens with two attached hydrogens (primary N) is 1. The summed E-state index contributed by atoms with van der Waals surface area (Å²) in [4.78, 5) is 12.0. The lowest BCUT2D eigenvalue weighted by atomic mass is 10.1. The van der Waals surface area contributed by atoms with E-state index in [1.54, 1.807) is 19.1 Å². The highest BCUT2D eigenvalue weighted by molar-refractivity contribution is 6.32. The summed E-state index contributed by atoms with van der Waals surface area (Å²) in [5.41, 5.74) is 6.47. The molecule has 1 rings (SSSR count). The highest BCUT2D eigenvalue weighted by atomic mass is 35.5. The summed E-state index contributed by atoms with van der Waals surface area (Å²) < 4.78 is 5.61. The molecule has 5 heteroatoms. The smallest absolute Gasteiger partial charge is 0.260 e. The predicted octanol–water partition coefficient (Wildman–Crippen LogP) is 2.87. The van der Waals surface area contributed by atoms with Crippen molar-refractivity contribution in [3.05, 3.63) is 28.8 Å². The zero-order valence-electron chi connectivity index (χ0n) is 12.3. The van der Waals surface area contributed by atoms with Crippen molar-refractivity contribution in [1.29, 1.82) is 0 Å². The second-order valence-corrected chi connectivity index (χ2v) is 5.16. The van der Waals surface area contributed by atoms with Crippen molar-refractivity contribution in [2.75, 3.05) is 0 Å². The van der Waals surface area contributed by atoms with Gasteiger partial charge in [0, 0.05) is 12.6 Å². The summed E-state index contributed by atoms with van der Waals surface area (Å²) in [5.74, 6) is 0.369. The van der Waals surface area contributed by atoms with Gasteiger partial charge in [0.05, 0.1) is 5.02 Å². The molecule has 0 heterocycles. The molecule has 1 aromatic carbocycles. The molecule has 0 spiro atoms. The Hall–Kier alpha value is -1.26. The Balaban J connectivity index is 2.65. The van der Waals surface area contributed by atoms with Crippen LogP contribution in [0.1, 0.15) is 39.2 Å². The number of halogens is 1. The van der Waals surface area contributed by atoms with Crippen LogP contribution in [0.3, 0.4) is 0 Å². The zero-order valence-corrected chi connectivity index (χ0v) is 13.0. The van der Waals surface area contributed by atoms with Gasteiger partial charge >= 0.3 is 0 Å². The fraction of sp³-hybridized carbons (Fsp3) is 0.533. The first-order valence-corrected chi connectivity index (χ1v) is 7.35. The number of ether oxygens (including phenoxy) is 1. The first kappa shape index (κ1) is 16.8. The van der Waals surface area contributed by atoms with Gasteiger partial charge in [-0.25, -0.2) is 0 Å². The maximum atomic E-state index is 12.0. The maximum absolute atomic E-state index is 12.0. The van der Waals surface area contributed by atoms with E-state index in [1.165, 1.54) is 0 Å². The van der Waals surface area contributed by atoms with E-state index in [0.717, 1.165) is 18.4 Å². The molecule has 0 saturated carbocycles. The van der Waals surface area contributed by atoms with Crippen LogP contribution < -0.4 is 15.8 Å². The molecule has 0 aliphatic rings. The normalized spacial score (nSPS) is 12.3. The monoisotopic (exact) mass is 298 g/mol. The quantitative estimate of drug-likeness (QED) is 0.813. The minimum atomic E-state index is -0.586. The van der Waals surface area contributed by atoms with Gasteiger partial charge in [-0.2, -0.15) is 0 Å². The van der Waals surface area contributed by atoms with E-state index in [0.29, 0.717) is 17.3 Å². The Kier molecular flexibility index (Phi) is 6.82. The summed E-state index contributed by atoms with van der Waals surface area (Å²) in [6, 6.07) is 5.52. The van der Waals surface area contributed by atoms with Gasteiger partial charge in [0.25, 0.3) is 5.91 Å². The molecule has 1 aromatic rings. The SMILES string of the molecule is CCC(CC)NC(=O)C(C)Oc1ccc(CN)cc1Cl. The molecule has 0 saturated heterocycles. The van der Waals surface area contributed by atoms with Gasteiger partial charge in [-0.05, 0) is 37.5 Å². The molecule has 1 atom stereocenters. The largest absolute Gasteiger partial charge is 0.479 e. The Bertz CT molecular complexity index is 447. The van der Waals surface area contributed by atoms with Crippen LogP contribution in [0.15, 0.2) is 18.2 Å². The van der Waals surface area contributed by atoms with Crippen molar-refractivity contribution in [3.8, 4) is 5.75 Å². The molecule has 0 aromatic heterocycles. The molecular formula is C15H23ClN2O2. The Morgan fingerprint density at radius 1 is 1.40 bits per heavy atom. The van der Waals surface area contributed by atoms with Crippen LogP contribution >= 0.6 is 11.6 Å². The van der Waals surface area contributed by atoms with E-state index in [9.17, 15) is 4.79 Å². The van der Waals surface area contributed by atoms with E-state index in [4.69, 9.17) is 22.1 Å². The van der Waals surface area contributed by atoms with Gasteiger partial charge in [0.1, 0.15) is 5.75 Å². The third-order valence-corrected chi connectivity index (χ3v) is 3.53. The van der Waals surface area contributed by atoms with Crippen molar-refractivity contribution in [2.24, 2.45) is 5.73 Å². The lowest BCUT2D eigenvalue weighted by Crippen LogP contribution is -2.42. The highest BCUT2D eigenvalue weighted by Gasteiger charge is 2.18. The number of benzene rings is 1. The number of carbonyl (C=O) groups excluding carboxylic acids is 1. The minimum Gasteiger partial charge on any atom is -0.479 e. The second kappa shape index (κ2) is 8.12. The number of rotatable bonds is 7.